The van der Waals surface area contributed by atoms with Crippen LogP contribution in [0.2, 0.25) is 0 Å². The smallest absolute Gasteiger partial charge is 0.258 e. The molecule has 0 aliphatic rings. The quantitative estimate of drug-likeness (QED) is 0.859. The predicted molar refractivity (Wildman–Crippen MR) is 76.6 cm³/mol. The van der Waals surface area contributed by atoms with E-state index in [0.29, 0.717) is 16.9 Å². The predicted octanol–water partition coefficient (Wildman–Crippen LogP) is 2.55. The fourth-order valence-corrected chi connectivity index (χ4v) is 1.83. The van der Waals surface area contributed by atoms with E-state index in [1.54, 1.807) is 44.5 Å². The van der Waals surface area contributed by atoms with Gasteiger partial charge in [0.2, 0.25) is 0 Å². The first-order valence-corrected chi connectivity index (χ1v) is 5.90. The number of hydrogen-bond acceptors (Lipinski definition) is 3. The maximum absolute atomic E-state index is 12.3. The van der Waals surface area contributed by atoms with Crippen molar-refractivity contribution >= 4 is 17.3 Å². The summed E-state index contributed by atoms with van der Waals surface area (Å²) in [6.07, 6.45) is 0. The normalized spacial score (nSPS) is 10.0. The number of para-hydroxylation sites is 2. The lowest BCUT2D eigenvalue weighted by Crippen LogP contribution is -2.26. The maximum atomic E-state index is 12.3. The number of amides is 1. The number of nitrogen functional groups attached to an aromatic ring is 1. The lowest BCUT2D eigenvalue weighted by molar-refractivity contribution is 0.0993. The van der Waals surface area contributed by atoms with Gasteiger partial charge in [-0.25, -0.2) is 0 Å². The van der Waals surface area contributed by atoms with Crippen LogP contribution in [0.25, 0.3) is 0 Å². The van der Waals surface area contributed by atoms with Crippen molar-refractivity contribution in [3.05, 3.63) is 54.1 Å². The number of nitrogens with zero attached hydrogens (tertiary/aromatic N) is 1. The van der Waals surface area contributed by atoms with Gasteiger partial charge < -0.3 is 15.4 Å². The van der Waals surface area contributed by atoms with Gasteiger partial charge in [-0.3, -0.25) is 4.79 Å². The molecule has 0 aliphatic heterocycles. The first kappa shape index (κ1) is 13.0. The first-order chi connectivity index (χ1) is 9.13. The van der Waals surface area contributed by atoms with Gasteiger partial charge in [0.25, 0.3) is 5.91 Å². The monoisotopic (exact) mass is 256 g/mol. The number of methoxy groups -OCH3 is 1. The molecule has 4 heteroatoms. The fraction of sp³-hybridized carbons (Fsp3) is 0.133. The summed E-state index contributed by atoms with van der Waals surface area (Å²) >= 11 is 0. The van der Waals surface area contributed by atoms with E-state index >= 15 is 0 Å². The molecule has 19 heavy (non-hydrogen) atoms. The number of hydrogen-bond donors (Lipinski definition) is 1. The minimum atomic E-state index is -0.111. The molecule has 0 radical (unpaired) electrons. The lowest BCUT2D eigenvalue weighted by Gasteiger charge is -2.19. The number of rotatable bonds is 3. The standard InChI is InChI=1S/C15H16N2O2/c1-17(14-6-4-3-5-13(14)16)15(18)11-7-9-12(19-2)10-8-11/h3-10H,16H2,1-2H3. The summed E-state index contributed by atoms with van der Waals surface area (Å²) in [5, 5.41) is 0. The highest BCUT2D eigenvalue weighted by atomic mass is 16.5. The van der Waals surface area contributed by atoms with Gasteiger partial charge in [-0.15, -0.1) is 0 Å². The topological polar surface area (TPSA) is 55.6 Å². The summed E-state index contributed by atoms with van der Waals surface area (Å²) < 4.78 is 5.07. The molecule has 0 bridgehead atoms. The molecule has 0 fully saturated rings. The lowest BCUT2D eigenvalue weighted by atomic mass is 10.1. The van der Waals surface area contributed by atoms with Crippen LogP contribution in [0.4, 0.5) is 11.4 Å². The largest absolute Gasteiger partial charge is 0.497 e. The highest BCUT2D eigenvalue weighted by molar-refractivity contribution is 6.07. The zero-order chi connectivity index (χ0) is 13.8. The Morgan fingerprint density at radius 2 is 1.74 bits per heavy atom. The molecule has 4 nitrogen and oxygen atoms in total. The Balaban J connectivity index is 2.26. The molecule has 0 aliphatic carbocycles. The Labute approximate surface area is 112 Å². The van der Waals surface area contributed by atoms with Gasteiger partial charge in [0.1, 0.15) is 5.75 Å². The van der Waals surface area contributed by atoms with Crippen LogP contribution in [0.1, 0.15) is 10.4 Å². The number of anilines is 2. The second-order valence-electron chi connectivity index (χ2n) is 4.15. The maximum Gasteiger partial charge on any atom is 0.258 e. The van der Waals surface area contributed by atoms with Crippen molar-refractivity contribution in [2.45, 2.75) is 0 Å². The van der Waals surface area contributed by atoms with Gasteiger partial charge >= 0.3 is 0 Å². The average molecular weight is 256 g/mol. The number of carbonyl (C=O) groups is 1. The van der Waals surface area contributed by atoms with Crippen molar-refractivity contribution < 1.29 is 9.53 Å². The average Bonchev–Trinajstić information content (AvgIpc) is 2.46. The Kier molecular flexibility index (Phi) is 3.71. The second kappa shape index (κ2) is 5.44. The van der Waals surface area contributed by atoms with Crippen molar-refractivity contribution in [3.63, 3.8) is 0 Å². The fourth-order valence-electron chi connectivity index (χ4n) is 1.83. The van der Waals surface area contributed by atoms with Crippen molar-refractivity contribution in [2.24, 2.45) is 0 Å². The van der Waals surface area contributed by atoms with Crippen LogP contribution in [0.5, 0.6) is 5.75 Å². The molecule has 2 aromatic rings. The van der Waals surface area contributed by atoms with Crippen LogP contribution in [-0.2, 0) is 0 Å². The first-order valence-electron chi connectivity index (χ1n) is 5.90. The van der Waals surface area contributed by atoms with E-state index in [4.69, 9.17) is 10.5 Å². The van der Waals surface area contributed by atoms with Crippen LogP contribution >= 0.6 is 0 Å². The summed E-state index contributed by atoms with van der Waals surface area (Å²) in [6.45, 7) is 0. The Hall–Kier alpha value is -2.49. The Morgan fingerprint density at radius 1 is 1.11 bits per heavy atom. The molecule has 98 valence electrons. The number of carbonyl (C=O) groups excluding carboxylic acids is 1. The van der Waals surface area contributed by atoms with E-state index in [9.17, 15) is 4.79 Å². The molecule has 0 heterocycles. The summed E-state index contributed by atoms with van der Waals surface area (Å²) in [5.74, 6) is 0.610. The summed E-state index contributed by atoms with van der Waals surface area (Å²) in [5.41, 5.74) is 7.73. The highest BCUT2D eigenvalue weighted by Crippen LogP contribution is 2.23. The van der Waals surface area contributed by atoms with Crippen molar-refractivity contribution in [1.29, 1.82) is 0 Å². The Bertz CT molecular complexity index is 579. The van der Waals surface area contributed by atoms with Crippen LogP contribution in [-0.4, -0.2) is 20.1 Å². The molecule has 2 aromatic carbocycles. The number of benzene rings is 2. The highest BCUT2D eigenvalue weighted by Gasteiger charge is 2.15. The SMILES string of the molecule is COc1ccc(C(=O)N(C)c2ccccc2N)cc1. The third kappa shape index (κ3) is 2.68. The van der Waals surface area contributed by atoms with Gasteiger partial charge in [-0.1, -0.05) is 12.1 Å². The van der Waals surface area contributed by atoms with Crippen LogP contribution < -0.4 is 15.4 Å². The van der Waals surface area contributed by atoms with Gasteiger partial charge in [0.05, 0.1) is 18.5 Å². The van der Waals surface area contributed by atoms with Gasteiger partial charge in [-0.05, 0) is 36.4 Å². The third-order valence-corrected chi connectivity index (χ3v) is 2.94. The van der Waals surface area contributed by atoms with E-state index in [0.717, 1.165) is 5.75 Å². The molecular weight excluding hydrogens is 240 g/mol. The summed E-state index contributed by atoms with van der Waals surface area (Å²) in [6, 6.07) is 14.3. The van der Waals surface area contributed by atoms with Crippen molar-refractivity contribution in [3.8, 4) is 5.75 Å². The Morgan fingerprint density at radius 3 is 2.32 bits per heavy atom. The number of nitrogens with two attached hydrogens (primary N) is 1. The summed E-state index contributed by atoms with van der Waals surface area (Å²) in [4.78, 5) is 13.9. The van der Waals surface area contributed by atoms with Gasteiger partial charge in [0.15, 0.2) is 0 Å². The van der Waals surface area contributed by atoms with E-state index in [-0.39, 0.29) is 5.91 Å². The molecule has 2 rings (SSSR count). The molecule has 0 unspecified atom stereocenters. The third-order valence-electron chi connectivity index (χ3n) is 2.94. The van der Waals surface area contributed by atoms with Gasteiger partial charge in [0, 0.05) is 12.6 Å². The molecule has 1 amide bonds. The molecule has 0 spiro atoms. The minimum absolute atomic E-state index is 0.111. The van der Waals surface area contributed by atoms with E-state index in [2.05, 4.69) is 0 Å². The molecular formula is C15H16N2O2. The number of ether oxygens (including phenoxy) is 1. The van der Waals surface area contributed by atoms with Crippen molar-refractivity contribution in [2.75, 3.05) is 24.8 Å². The second-order valence-corrected chi connectivity index (χ2v) is 4.15. The summed E-state index contributed by atoms with van der Waals surface area (Å²) in [7, 11) is 3.30. The van der Waals surface area contributed by atoms with E-state index in [1.165, 1.54) is 4.90 Å². The molecule has 2 N–H and O–H groups in total. The molecule has 0 atom stereocenters. The van der Waals surface area contributed by atoms with E-state index < -0.39 is 0 Å². The zero-order valence-electron chi connectivity index (χ0n) is 11.0. The zero-order valence-corrected chi connectivity index (χ0v) is 11.0. The minimum Gasteiger partial charge on any atom is -0.497 e. The molecule has 0 aromatic heterocycles. The molecule has 0 saturated carbocycles. The van der Waals surface area contributed by atoms with Crippen molar-refractivity contribution in [1.82, 2.24) is 0 Å². The van der Waals surface area contributed by atoms with Gasteiger partial charge in [-0.2, -0.15) is 0 Å². The van der Waals surface area contributed by atoms with Crippen LogP contribution in [0.3, 0.4) is 0 Å². The van der Waals surface area contributed by atoms with Crippen LogP contribution in [0, 0.1) is 0 Å². The van der Waals surface area contributed by atoms with Crippen LogP contribution in [0.15, 0.2) is 48.5 Å². The van der Waals surface area contributed by atoms with E-state index in [1.807, 2.05) is 18.2 Å². The molecule has 0 saturated heterocycles.